The second kappa shape index (κ2) is 8.69. The van der Waals surface area contributed by atoms with E-state index in [1.165, 1.54) is 30.3 Å². The van der Waals surface area contributed by atoms with Crippen LogP contribution in [0.25, 0.3) is 0 Å². The molecule has 1 fully saturated rings. The third-order valence-corrected chi connectivity index (χ3v) is 8.44. The molecule has 39 heavy (non-hydrogen) atoms. The summed E-state index contributed by atoms with van der Waals surface area (Å²) < 4.78 is 0. The first-order chi connectivity index (χ1) is 18.6. The Kier molecular flexibility index (Phi) is 5.50. The van der Waals surface area contributed by atoms with Gasteiger partial charge in [-0.2, -0.15) is 0 Å². The predicted octanol–water partition coefficient (Wildman–Crippen LogP) is 4.24. The van der Waals surface area contributed by atoms with E-state index in [9.17, 15) is 34.4 Å². The number of Topliss-reactive ketones (excluding diaryl/α,β-unsaturated/α-hetero) is 1. The summed E-state index contributed by atoms with van der Waals surface area (Å²) in [6.45, 7) is 3.32. The van der Waals surface area contributed by atoms with E-state index in [1.807, 2.05) is 6.08 Å². The van der Waals surface area contributed by atoms with Gasteiger partial charge >= 0.3 is 0 Å². The van der Waals surface area contributed by atoms with E-state index in [0.29, 0.717) is 27.8 Å². The molecule has 196 valence electrons. The van der Waals surface area contributed by atoms with Crippen LogP contribution in [-0.2, 0) is 19.2 Å². The topological polar surface area (TPSA) is 135 Å². The Morgan fingerprint density at radius 3 is 2.49 bits per heavy atom. The summed E-state index contributed by atoms with van der Waals surface area (Å²) in [4.78, 5) is 65.9. The summed E-state index contributed by atoms with van der Waals surface area (Å²) in [5, 5.41) is 22.4. The number of aryl methyl sites for hydroxylation is 1. The number of anilines is 1. The van der Waals surface area contributed by atoms with Gasteiger partial charge in [-0.15, -0.1) is 0 Å². The van der Waals surface area contributed by atoms with Gasteiger partial charge in [0, 0.05) is 40.3 Å². The molecule has 1 heterocycles. The quantitative estimate of drug-likeness (QED) is 0.209. The number of nitrogens with zero attached hydrogens (tertiary/aromatic N) is 2. The number of non-ortho nitro benzene ring substituents is 1. The number of allylic oxidation sites excluding steroid dienone is 6. The molecular weight excluding hydrogens is 500 g/mol. The lowest BCUT2D eigenvalue weighted by molar-refractivity contribution is -0.384. The van der Waals surface area contributed by atoms with Gasteiger partial charge in [0.25, 0.3) is 5.69 Å². The largest absolute Gasteiger partial charge is 0.507 e. The first-order valence-corrected chi connectivity index (χ1v) is 12.7. The van der Waals surface area contributed by atoms with E-state index in [-0.39, 0.29) is 41.5 Å². The van der Waals surface area contributed by atoms with Gasteiger partial charge < -0.3 is 5.11 Å². The van der Waals surface area contributed by atoms with Crippen LogP contribution in [0.3, 0.4) is 0 Å². The number of aromatic hydroxyl groups is 1. The van der Waals surface area contributed by atoms with Gasteiger partial charge in [-0.05, 0) is 50.3 Å². The number of hydrogen-bond donors (Lipinski definition) is 1. The van der Waals surface area contributed by atoms with Crippen molar-refractivity contribution in [3.63, 3.8) is 0 Å². The number of amides is 2. The summed E-state index contributed by atoms with van der Waals surface area (Å²) >= 11 is 0. The number of ketones is 2. The number of fused-ring (bicyclic) bond motifs is 3. The van der Waals surface area contributed by atoms with E-state index in [1.54, 1.807) is 32.0 Å². The lowest BCUT2D eigenvalue weighted by Gasteiger charge is -2.42. The van der Waals surface area contributed by atoms with Crippen LogP contribution in [0.4, 0.5) is 11.4 Å². The van der Waals surface area contributed by atoms with Crippen molar-refractivity contribution in [3.8, 4) is 5.75 Å². The van der Waals surface area contributed by atoms with Crippen LogP contribution < -0.4 is 4.90 Å². The molecule has 2 aromatic rings. The maximum atomic E-state index is 13.9. The molecule has 0 spiro atoms. The number of carbonyl (C=O) groups excluding carboxylic acids is 4. The van der Waals surface area contributed by atoms with E-state index in [0.717, 1.165) is 10.5 Å². The highest BCUT2D eigenvalue weighted by molar-refractivity contribution is 6.25. The summed E-state index contributed by atoms with van der Waals surface area (Å²) in [5.41, 5.74) is 2.61. The molecule has 1 aliphatic heterocycles. The fourth-order valence-corrected chi connectivity index (χ4v) is 6.65. The van der Waals surface area contributed by atoms with Crippen LogP contribution in [0.15, 0.2) is 76.9 Å². The number of carbonyl (C=O) groups is 4. The highest BCUT2D eigenvalue weighted by atomic mass is 16.6. The Morgan fingerprint density at radius 2 is 1.74 bits per heavy atom. The molecule has 9 nitrogen and oxygen atoms in total. The standard InChI is InChI=1S/C30H24N2O7/c1-14-5-3-8-19(27(14)34)24-18-9-10-20-25(21(18)13-22-26(24)23(33)11-15(2)28(22)35)30(37)31(29(20)36)16-6-4-7-17(12-16)32(38)39/h3-9,11-12,20-21,24-25,34H,10,13H2,1-2H3. The molecule has 2 aromatic carbocycles. The smallest absolute Gasteiger partial charge is 0.271 e. The minimum atomic E-state index is -0.811. The first-order valence-electron chi connectivity index (χ1n) is 12.7. The number of rotatable bonds is 3. The van der Waals surface area contributed by atoms with Gasteiger partial charge in [-0.25, -0.2) is 4.90 Å². The molecule has 4 atom stereocenters. The predicted molar refractivity (Wildman–Crippen MR) is 140 cm³/mol. The normalized spacial score (nSPS) is 26.2. The molecule has 6 rings (SSSR count). The fourth-order valence-electron chi connectivity index (χ4n) is 6.65. The number of phenols is 1. The molecule has 1 N–H and O–H groups in total. The molecule has 0 saturated carbocycles. The minimum Gasteiger partial charge on any atom is -0.507 e. The van der Waals surface area contributed by atoms with Crippen LogP contribution >= 0.6 is 0 Å². The molecule has 4 unspecified atom stereocenters. The van der Waals surface area contributed by atoms with Gasteiger partial charge in [0.1, 0.15) is 5.75 Å². The van der Waals surface area contributed by atoms with E-state index in [4.69, 9.17) is 0 Å². The molecule has 0 bridgehead atoms. The summed E-state index contributed by atoms with van der Waals surface area (Å²) in [6, 6.07) is 10.6. The SMILES string of the molecule is CC1=CC(=O)C2=C(CC3C(=CCC4C(=O)N(c5cccc([N+](=O)[O-])c5)C(=O)C43)C2c2cccc(C)c2O)C1=O. The van der Waals surface area contributed by atoms with Crippen molar-refractivity contribution in [1.82, 2.24) is 0 Å². The zero-order valence-corrected chi connectivity index (χ0v) is 21.2. The van der Waals surface area contributed by atoms with Crippen molar-refractivity contribution >= 4 is 34.8 Å². The van der Waals surface area contributed by atoms with Crippen molar-refractivity contribution in [2.45, 2.75) is 32.6 Å². The summed E-state index contributed by atoms with van der Waals surface area (Å²) in [7, 11) is 0. The Morgan fingerprint density at radius 1 is 1.00 bits per heavy atom. The lowest BCUT2D eigenvalue weighted by Crippen LogP contribution is -2.39. The van der Waals surface area contributed by atoms with Gasteiger partial charge in [0.05, 0.1) is 22.4 Å². The lowest BCUT2D eigenvalue weighted by atomic mass is 9.59. The number of benzene rings is 2. The van der Waals surface area contributed by atoms with Crippen molar-refractivity contribution in [3.05, 3.63) is 98.2 Å². The molecule has 0 radical (unpaired) electrons. The van der Waals surface area contributed by atoms with E-state index < -0.39 is 40.4 Å². The number of nitro benzene ring substituents is 1. The number of para-hydroxylation sites is 1. The zero-order valence-electron chi connectivity index (χ0n) is 21.2. The maximum Gasteiger partial charge on any atom is 0.271 e. The number of phenolic OH excluding ortho intramolecular Hbond substituents is 1. The molecule has 3 aliphatic carbocycles. The molecule has 4 aliphatic rings. The fraction of sp³-hybridized carbons (Fsp3) is 0.267. The summed E-state index contributed by atoms with van der Waals surface area (Å²) in [5.74, 6) is -4.32. The number of hydrogen-bond acceptors (Lipinski definition) is 7. The van der Waals surface area contributed by atoms with Crippen LogP contribution in [-0.4, -0.2) is 33.4 Å². The van der Waals surface area contributed by atoms with Crippen LogP contribution in [0.5, 0.6) is 5.75 Å². The van der Waals surface area contributed by atoms with Crippen LogP contribution in [0, 0.1) is 34.8 Å². The molecule has 0 aromatic heterocycles. The number of imide groups is 1. The first kappa shape index (κ1) is 24.7. The Hall–Kier alpha value is -4.66. The second-order valence-corrected chi connectivity index (χ2v) is 10.5. The minimum absolute atomic E-state index is 0.0107. The van der Waals surface area contributed by atoms with Crippen molar-refractivity contribution < 1.29 is 29.2 Å². The molecule has 2 amide bonds. The van der Waals surface area contributed by atoms with Crippen LogP contribution in [0.2, 0.25) is 0 Å². The van der Waals surface area contributed by atoms with Crippen molar-refractivity contribution in [1.29, 1.82) is 0 Å². The van der Waals surface area contributed by atoms with E-state index >= 15 is 0 Å². The summed E-state index contributed by atoms with van der Waals surface area (Å²) in [6.07, 6.45) is 3.53. The van der Waals surface area contributed by atoms with Crippen LogP contribution in [0.1, 0.15) is 36.8 Å². The number of nitro groups is 1. The van der Waals surface area contributed by atoms with E-state index in [2.05, 4.69) is 0 Å². The van der Waals surface area contributed by atoms with Gasteiger partial charge in [-0.1, -0.05) is 35.9 Å². The average molecular weight is 525 g/mol. The van der Waals surface area contributed by atoms with Gasteiger partial charge in [0.15, 0.2) is 11.6 Å². The highest BCUT2D eigenvalue weighted by Crippen LogP contribution is 2.56. The Labute approximate surface area is 223 Å². The van der Waals surface area contributed by atoms with Crippen molar-refractivity contribution in [2.75, 3.05) is 4.90 Å². The highest BCUT2D eigenvalue weighted by Gasteiger charge is 2.57. The van der Waals surface area contributed by atoms with Crippen molar-refractivity contribution in [2.24, 2.45) is 17.8 Å². The molecule has 1 saturated heterocycles. The third kappa shape index (κ3) is 3.53. The Balaban J connectivity index is 1.49. The second-order valence-electron chi connectivity index (χ2n) is 10.5. The average Bonchev–Trinajstić information content (AvgIpc) is 3.17. The molecule has 9 heteroatoms. The molecular formula is C30H24N2O7. The Bertz CT molecular complexity index is 1630. The third-order valence-electron chi connectivity index (χ3n) is 8.44. The van der Waals surface area contributed by atoms with Gasteiger partial charge in [-0.3, -0.25) is 29.3 Å². The monoisotopic (exact) mass is 524 g/mol. The van der Waals surface area contributed by atoms with Gasteiger partial charge in [0.2, 0.25) is 11.8 Å². The maximum absolute atomic E-state index is 13.9. The zero-order chi connectivity index (χ0) is 27.7.